The van der Waals surface area contributed by atoms with E-state index in [0.717, 1.165) is 31.9 Å². The van der Waals surface area contributed by atoms with Crippen LogP contribution in [-0.2, 0) is 13.1 Å². The third-order valence-corrected chi connectivity index (χ3v) is 3.22. The molecule has 0 saturated heterocycles. The Balaban J connectivity index is 2.33. The average molecular weight is 228 g/mol. The Bertz CT molecular complexity index is 274. The van der Waals surface area contributed by atoms with Crippen molar-refractivity contribution < 1.29 is 0 Å². The van der Waals surface area contributed by atoms with Crippen LogP contribution in [0.25, 0.3) is 0 Å². The predicted molar refractivity (Wildman–Crippen MR) is 65.0 cm³/mol. The van der Waals surface area contributed by atoms with Crippen LogP contribution in [0, 0.1) is 0 Å². The number of nitrogens with one attached hydrogen (secondary N) is 1. The third-order valence-electron chi connectivity index (χ3n) is 2.25. The van der Waals surface area contributed by atoms with Crippen molar-refractivity contribution in [3.05, 3.63) is 12.2 Å². The molecule has 0 bridgehead atoms. The molecule has 1 heterocycles. The third kappa shape index (κ3) is 4.22. The summed E-state index contributed by atoms with van der Waals surface area (Å²) in [5, 5.41) is 8.22. The number of hydrogen-bond acceptors (Lipinski definition) is 4. The fourth-order valence-electron chi connectivity index (χ4n) is 1.29. The molecule has 86 valence electrons. The summed E-state index contributed by atoms with van der Waals surface area (Å²) < 4.78 is 1.97. The number of thioether (sulfide) groups is 1. The number of aryl methyl sites for hydroxylation is 1. The van der Waals surface area contributed by atoms with Crippen molar-refractivity contribution in [3.8, 4) is 0 Å². The van der Waals surface area contributed by atoms with Gasteiger partial charge < -0.3 is 5.32 Å². The average Bonchev–Trinajstić information content (AvgIpc) is 2.66. The van der Waals surface area contributed by atoms with E-state index in [2.05, 4.69) is 35.5 Å². The molecular weight excluding hydrogens is 208 g/mol. The smallest absolute Gasteiger partial charge is 0.140 e. The molecule has 4 nitrogen and oxygen atoms in total. The van der Waals surface area contributed by atoms with Crippen LogP contribution in [0.15, 0.2) is 6.33 Å². The SMILES string of the molecule is CCCn1ncnc1CNCC(C)SC. The van der Waals surface area contributed by atoms with E-state index in [1.54, 1.807) is 6.33 Å². The summed E-state index contributed by atoms with van der Waals surface area (Å²) in [6.07, 6.45) is 4.86. The van der Waals surface area contributed by atoms with Gasteiger partial charge in [-0.25, -0.2) is 9.67 Å². The van der Waals surface area contributed by atoms with Crippen molar-refractivity contribution in [2.24, 2.45) is 0 Å². The van der Waals surface area contributed by atoms with E-state index in [9.17, 15) is 0 Å². The zero-order valence-electron chi connectivity index (χ0n) is 9.73. The van der Waals surface area contributed by atoms with Crippen LogP contribution >= 0.6 is 11.8 Å². The van der Waals surface area contributed by atoms with Crippen molar-refractivity contribution >= 4 is 11.8 Å². The summed E-state index contributed by atoms with van der Waals surface area (Å²) in [4.78, 5) is 4.24. The van der Waals surface area contributed by atoms with Gasteiger partial charge in [-0.2, -0.15) is 16.9 Å². The number of nitrogens with zero attached hydrogens (tertiary/aromatic N) is 3. The first-order valence-electron chi connectivity index (χ1n) is 5.38. The Hall–Kier alpha value is -0.550. The lowest BCUT2D eigenvalue weighted by molar-refractivity contribution is 0.543. The molecule has 0 amide bonds. The highest BCUT2D eigenvalue weighted by atomic mass is 32.2. The molecule has 1 atom stereocenters. The molecule has 1 aromatic rings. The first-order valence-corrected chi connectivity index (χ1v) is 6.67. The molecule has 1 rings (SSSR count). The van der Waals surface area contributed by atoms with Crippen LogP contribution < -0.4 is 5.32 Å². The second-order valence-corrected chi connectivity index (χ2v) is 4.85. The molecule has 1 N–H and O–H groups in total. The zero-order valence-corrected chi connectivity index (χ0v) is 10.5. The van der Waals surface area contributed by atoms with Crippen LogP contribution in [-0.4, -0.2) is 32.8 Å². The molecule has 0 aliphatic heterocycles. The van der Waals surface area contributed by atoms with E-state index in [1.807, 2.05) is 16.4 Å². The summed E-state index contributed by atoms with van der Waals surface area (Å²) in [5.41, 5.74) is 0. The minimum absolute atomic E-state index is 0.646. The van der Waals surface area contributed by atoms with Gasteiger partial charge in [0.2, 0.25) is 0 Å². The molecule has 1 unspecified atom stereocenters. The molecule has 0 aliphatic rings. The fraction of sp³-hybridized carbons (Fsp3) is 0.800. The van der Waals surface area contributed by atoms with E-state index >= 15 is 0 Å². The van der Waals surface area contributed by atoms with Gasteiger partial charge in [-0.1, -0.05) is 13.8 Å². The highest BCUT2D eigenvalue weighted by Gasteiger charge is 2.03. The number of rotatable bonds is 7. The van der Waals surface area contributed by atoms with Gasteiger partial charge >= 0.3 is 0 Å². The highest BCUT2D eigenvalue weighted by Crippen LogP contribution is 2.03. The summed E-state index contributed by atoms with van der Waals surface area (Å²) in [7, 11) is 0. The van der Waals surface area contributed by atoms with Crippen molar-refractivity contribution in [2.45, 2.75) is 38.6 Å². The number of aromatic nitrogens is 3. The Morgan fingerprint density at radius 2 is 2.40 bits per heavy atom. The van der Waals surface area contributed by atoms with Crippen molar-refractivity contribution in [3.63, 3.8) is 0 Å². The summed E-state index contributed by atoms with van der Waals surface area (Å²) in [6, 6.07) is 0. The van der Waals surface area contributed by atoms with Crippen LogP contribution in [0.4, 0.5) is 0 Å². The van der Waals surface area contributed by atoms with Gasteiger partial charge in [0.05, 0.1) is 6.54 Å². The molecule has 0 aliphatic carbocycles. The van der Waals surface area contributed by atoms with Crippen LogP contribution in [0.3, 0.4) is 0 Å². The fourth-order valence-corrected chi connectivity index (χ4v) is 1.58. The van der Waals surface area contributed by atoms with Gasteiger partial charge in [-0.05, 0) is 12.7 Å². The molecule has 1 aromatic heterocycles. The summed E-state index contributed by atoms with van der Waals surface area (Å²) in [5.74, 6) is 1.03. The van der Waals surface area contributed by atoms with Crippen LogP contribution in [0.5, 0.6) is 0 Å². The molecule has 0 fully saturated rings. The molecule has 0 spiro atoms. The zero-order chi connectivity index (χ0) is 11.1. The molecule has 0 saturated carbocycles. The van der Waals surface area contributed by atoms with Gasteiger partial charge in [-0.15, -0.1) is 0 Å². The van der Waals surface area contributed by atoms with Gasteiger partial charge in [-0.3, -0.25) is 0 Å². The van der Waals surface area contributed by atoms with E-state index in [1.165, 1.54) is 0 Å². The quantitative estimate of drug-likeness (QED) is 0.768. The van der Waals surface area contributed by atoms with E-state index < -0.39 is 0 Å². The predicted octanol–water partition coefficient (Wildman–Crippen LogP) is 1.53. The molecule has 0 radical (unpaired) electrons. The maximum Gasteiger partial charge on any atom is 0.140 e. The lowest BCUT2D eigenvalue weighted by atomic mass is 10.4. The number of hydrogen-bond donors (Lipinski definition) is 1. The first-order chi connectivity index (χ1) is 7.27. The van der Waals surface area contributed by atoms with Gasteiger partial charge in [0.1, 0.15) is 12.2 Å². The molecular formula is C10H20N4S. The van der Waals surface area contributed by atoms with E-state index in [0.29, 0.717) is 5.25 Å². The summed E-state index contributed by atoms with van der Waals surface area (Å²) in [6.45, 7) is 7.14. The second-order valence-electron chi connectivity index (χ2n) is 3.58. The lowest BCUT2D eigenvalue weighted by Crippen LogP contribution is -2.24. The largest absolute Gasteiger partial charge is 0.309 e. The maximum atomic E-state index is 4.24. The lowest BCUT2D eigenvalue weighted by Gasteiger charge is -2.09. The van der Waals surface area contributed by atoms with Crippen molar-refractivity contribution in [1.29, 1.82) is 0 Å². The van der Waals surface area contributed by atoms with E-state index in [-0.39, 0.29) is 0 Å². The van der Waals surface area contributed by atoms with Crippen molar-refractivity contribution in [1.82, 2.24) is 20.1 Å². The molecule has 5 heteroatoms. The minimum atomic E-state index is 0.646. The standard InChI is InChI=1S/C10H20N4S/c1-4-5-14-10(12-8-13-14)7-11-6-9(2)15-3/h8-9,11H,4-7H2,1-3H3. The van der Waals surface area contributed by atoms with Gasteiger partial charge in [0.15, 0.2) is 0 Å². The Kier molecular flexibility index (Phi) is 5.71. The minimum Gasteiger partial charge on any atom is -0.309 e. The Morgan fingerprint density at radius 3 is 3.07 bits per heavy atom. The first kappa shape index (κ1) is 12.5. The molecule has 15 heavy (non-hydrogen) atoms. The van der Waals surface area contributed by atoms with Gasteiger partial charge in [0, 0.05) is 18.3 Å². The summed E-state index contributed by atoms with van der Waals surface area (Å²) >= 11 is 1.87. The van der Waals surface area contributed by atoms with Crippen LogP contribution in [0.2, 0.25) is 0 Å². The Morgan fingerprint density at radius 1 is 1.60 bits per heavy atom. The van der Waals surface area contributed by atoms with Gasteiger partial charge in [0.25, 0.3) is 0 Å². The second kappa shape index (κ2) is 6.85. The Labute approximate surface area is 95.9 Å². The van der Waals surface area contributed by atoms with Crippen LogP contribution in [0.1, 0.15) is 26.1 Å². The highest BCUT2D eigenvalue weighted by molar-refractivity contribution is 7.99. The maximum absolute atomic E-state index is 4.24. The molecule has 0 aromatic carbocycles. The topological polar surface area (TPSA) is 42.7 Å². The monoisotopic (exact) mass is 228 g/mol. The van der Waals surface area contributed by atoms with Crippen molar-refractivity contribution in [2.75, 3.05) is 12.8 Å². The normalized spacial score (nSPS) is 13.0. The van der Waals surface area contributed by atoms with E-state index in [4.69, 9.17) is 0 Å².